The first kappa shape index (κ1) is 10.0. The predicted octanol–water partition coefficient (Wildman–Crippen LogP) is 3.48. The van der Waals surface area contributed by atoms with E-state index in [4.69, 9.17) is 5.26 Å². The number of halogens is 1. The van der Waals surface area contributed by atoms with Crippen LogP contribution < -0.4 is 0 Å². The van der Waals surface area contributed by atoms with Crippen LogP contribution in [0.2, 0.25) is 0 Å². The number of aryl methyl sites for hydroxylation is 1. The van der Waals surface area contributed by atoms with Gasteiger partial charge in [0.1, 0.15) is 0 Å². The molecule has 2 nitrogen and oxygen atoms in total. The fourth-order valence-electron chi connectivity index (χ4n) is 1.65. The highest BCUT2D eigenvalue weighted by atomic mass is 79.9. The van der Waals surface area contributed by atoms with Gasteiger partial charge < -0.3 is 4.57 Å². The van der Waals surface area contributed by atoms with Crippen molar-refractivity contribution in [1.82, 2.24) is 4.57 Å². The molecule has 0 N–H and O–H groups in total. The maximum Gasteiger partial charge on any atom is 0.0912 e. The third-order valence-electron chi connectivity index (χ3n) is 2.32. The van der Waals surface area contributed by atoms with E-state index in [1.807, 2.05) is 31.5 Å². The number of hydrogen-bond donors (Lipinski definition) is 0. The van der Waals surface area contributed by atoms with E-state index >= 15 is 0 Å². The molecule has 2 rings (SSSR count). The fraction of sp³-hybridized carbons (Fsp3) is 0.0833. The number of aromatic nitrogens is 1. The summed E-state index contributed by atoms with van der Waals surface area (Å²) in [6.45, 7) is 0. The molecule has 0 aliphatic heterocycles. The van der Waals surface area contributed by atoms with Crippen LogP contribution in [0.3, 0.4) is 0 Å². The van der Waals surface area contributed by atoms with E-state index in [2.05, 4.69) is 32.6 Å². The molecule has 0 aliphatic rings. The van der Waals surface area contributed by atoms with Crippen LogP contribution in [0.5, 0.6) is 0 Å². The number of hydrogen-bond acceptors (Lipinski definition) is 1. The van der Waals surface area contributed by atoms with Gasteiger partial charge in [0, 0.05) is 40.3 Å². The van der Waals surface area contributed by atoms with Gasteiger partial charge in [-0.25, -0.2) is 0 Å². The first-order chi connectivity index (χ1) is 7.22. The molecule has 0 spiro atoms. The van der Waals surface area contributed by atoms with Crippen molar-refractivity contribution in [3.63, 3.8) is 0 Å². The van der Waals surface area contributed by atoms with E-state index in [1.54, 1.807) is 0 Å². The first-order valence-electron chi connectivity index (χ1n) is 4.53. The second-order valence-corrected chi connectivity index (χ2v) is 4.23. The Labute approximate surface area is 96.6 Å². The summed E-state index contributed by atoms with van der Waals surface area (Å²) in [4.78, 5) is 0. The van der Waals surface area contributed by atoms with Crippen molar-refractivity contribution in [3.8, 4) is 6.07 Å². The Morgan fingerprint density at radius 1 is 1.47 bits per heavy atom. The third-order valence-corrected chi connectivity index (χ3v) is 2.81. The van der Waals surface area contributed by atoms with Crippen molar-refractivity contribution < 1.29 is 0 Å². The summed E-state index contributed by atoms with van der Waals surface area (Å²) in [5.74, 6) is 0. The van der Waals surface area contributed by atoms with Gasteiger partial charge in [0.25, 0.3) is 0 Å². The highest BCUT2D eigenvalue weighted by Crippen LogP contribution is 2.25. The second-order valence-electron chi connectivity index (χ2n) is 3.32. The monoisotopic (exact) mass is 260 g/mol. The smallest absolute Gasteiger partial charge is 0.0912 e. The van der Waals surface area contributed by atoms with E-state index in [0.717, 1.165) is 20.9 Å². The summed E-state index contributed by atoms with van der Waals surface area (Å²) in [5.41, 5.74) is 2.23. The lowest BCUT2D eigenvalue weighted by Gasteiger charge is -1.95. The fourth-order valence-corrected chi connectivity index (χ4v) is 2.02. The van der Waals surface area contributed by atoms with Crippen LogP contribution in [-0.4, -0.2) is 4.57 Å². The Kier molecular flexibility index (Phi) is 2.61. The predicted molar refractivity (Wildman–Crippen MR) is 65.3 cm³/mol. The molecule has 0 saturated heterocycles. The number of rotatable bonds is 1. The summed E-state index contributed by atoms with van der Waals surface area (Å²) in [7, 11) is 2.00. The van der Waals surface area contributed by atoms with Crippen LogP contribution in [0.1, 0.15) is 5.56 Å². The van der Waals surface area contributed by atoms with Crippen molar-refractivity contribution in [3.05, 3.63) is 40.5 Å². The SMILES string of the molecule is Cn1cc(/C=C/C#N)c2cc(Br)ccc21. The molecule has 74 valence electrons. The topological polar surface area (TPSA) is 28.7 Å². The van der Waals surface area contributed by atoms with Gasteiger partial charge in [-0.1, -0.05) is 15.9 Å². The van der Waals surface area contributed by atoms with Gasteiger partial charge in [0.05, 0.1) is 6.07 Å². The molecule has 0 bridgehead atoms. The summed E-state index contributed by atoms with van der Waals surface area (Å²) in [5, 5.41) is 9.66. The van der Waals surface area contributed by atoms with Gasteiger partial charge in [0.15, 0.2) is 0 Å². The Bertz CT molecular complexity index is 573. The van der Waals surface area contributed by atoms with Gasteiger partial charge in [0.2, 0.25) is 0 Å². The van der Waals surface area contributed by atoms with Crippen molar-refractivity contribution in [2.75, 3.05) is 0 Å². The van der Waals surface area contributed by atoms with Gasteiger partial charge >= 0.3 is 0 Å². The van der Waals surface area contributed by atoms with Gasteiger partial charge in [-0.15, -0.1) is 0 Å². The van der Waals surface area contributed by atoms with Crippen LogP contribution in [0, 0.1) is 11.3 Å². The molecule has 0 fully saturated rings. The van der Waals surface area contributed by atoms with Crippen LogP contribution >= 0.6 is 15.9 Å². The zero-order valence-corrected chi connectivity index (χ0v) is 9.82. The quantitative estimate of drug-likeness (QED) is 0.722. The normalized spacial score (nSPS) is 11.0. The summed E-state index contributed by atoms with van der Waals surface area (Å²) < 4.78 is 3.10. The number of fused-ring (bicyclic) bond motifs is 1. The van der Waals surface area contributed by atoms with Crippen molar-refractivity contribution in [2.45, 2.75) is 0 Å². The second kappa shape index (κ2) is 3.92. The molecule has 0 atom stereocenters. The van der Waals surface area contributed by atoms with Crippen molar-refractivity contribution in [2.24, 2.45) is 7.05 Å². The molecule has 0 amide bonds. The van der Waals surface area contributed by atoms with E-state index in [0.29, 0.717) is 0 Å². The lowest BCUT2D eigenvalue weighted by Crippen LogP contribution is -1.82. The zero-order valence-electron chi connectivity index (χ0n) is 8.24. The van der Waals surface area contributed by atoms with E-state index in [9.17, 15) is 0 Å². The molecule has 1 aromatic heterocycles. The highest BCUT2D eigenvalue weighted by molar-refractivity contribution is 9.10. The Morgan fingerprint density at radius 2 is 2.27 bits per heavy atom. The van der Waals surface area contributed by atoms with E-state index < -0.39 is 0 Å². The molecule has 15 heavy (non-hydrogen) atoms. The van der Waals surface area contributed by atoms with Crippen LogP contribution in [0.4, 0.5) is 0 Å². The average molecular weight is 261 g/mol. The molecular weight excluding hydrogens is 252 g/mol. The number of benzene rings is 1. The molecule has 1 heterocycles. The van der Waals surface area contributed by atoms with E-state index in [-0.39, 0.29) is 0 Å². The lowest BCUT2D eigenvalue weighted by atomic mass is 10.2. The minimum Gasteiger partial charge on any atom is -0.350 e. The summed E-state index contributed by atoms with van der Waals surface area (Å²) in [6, 6.07) is 8.14. The van der Waals surface area contributed by atoms with Crippen molar-refractivity contribution >= 4 is 32.9 Å². The molecule has 3 heteroatoms. The standard InChI is InChI=1S/C12H9BrN2/c1-15-8-9(3-2-6-14)11-7-10(13)4-5-12(11)15/h2-5,7-8H,1H3/b3-2+. The largest absolute Gasteiger partial charge is 0.350 e. The summed E-state index contributed by atoms with van der Waals surface area (Å²) >= 11 is 3.45. The Hall–Kier alpha value is -1.53. The number of allylic oxidation sites excluding steroid dienone is 1. The molecule has 1 aromatic carbocycles. The van der Waals surface area contributed by atoms with Gasteiger partial charge in [-0.3, -0.25) is 0 Å². The molecule has 2 aromatic rings. The minimum absolute atomic E-state index is 1.05. The first-order valence-corrected chi connectivity index (χ1v) is 5.32. The van der Waals surface area contributed by atoms with Gasteiger partial charge in [-0.05, 0) is 24.3 Å². The number of nitriles is 1. The van der Waals surface area contributed by atoms with Crippen LogP contribution in [-0.2, 0) is 7.05 Å². The number of nitrogens with zero attached hydrogens (tertiary/aromatic N) is 2. The van der Waals surface area contributed by atoms with Crippen LogP contribution in [0.25, 0.3) is 17.0 Å². The minimum atomic E-state index is 1.05. The molecule has 0 radical (unpaired) electrons. The molecule has 0 saturated carbocycles. The molecule has 0 unspecified atom stereocenters. The maximum atomic E-state index is 8.51. The zero-order chi connectivity index (χ0) is 10.8. The molecular formula is C12H9BrN2. The lowest BCUT2D eigenvalue weighted by molar-refractivity contribution is 0.968. The third kappa shape index (κ3) is 1.81. The maximum absolute atomic E-state index is 8.51. The van der Waals surface area contributed by atoms with E-state index in [1.165, 1.54) is 6.08 Å². The highest BCUT2D eigenvalue weighted by Gasteiger charge is 2.03. The molecule has 0 aliphatic carbocycles. The Morgan fingerprint density at radius 3 is 3.00 bits per heavy atom. The van der Waals surface area contributed by atoms with Crippen LogP contribution in [0.15, 0.2) is 34.9 Å². The van der Waals surface area contributed by atoms with Gasteiger partial charge in [-0.2, -0.15) is 5.26 Å². The average Bonchev–Trinajstić information content (AvgIpc) is 2.52. The van der Waals surface area contributed by atoms with Crippen molar-refractivity contribution in [1.29, 1.82) is 5.26 Å². The summed E-state index contributed by atoms with van der Waals surface area (Å²) in [6.07, 6.45) is 5.34. The Balaban J connectivity index is 2.71.